The molecular formula is C15H17ClN2O. The summed E-state index contributed by atoms with van der Waals surface area (Å²) in [5.74, 6) is 1.96. The van der Waals surface area contributed by atoms with Gasteiger partial charge in [0.15, 0.2) is 5.82 Å². The van der Waals surface area contributed by atoms with Crippen LogP contribution in [-0.4, -0.2) is 9.97 Å². The maximum Gasteiger partial charge on any atom is 0.167 e. The summed E-state index contributed by atoms with van der Waals surface area (Å²) in [6, 6.07) is 11.4. The first-order chi connectivity index (χ1) is 9.13. The number of benzene rings is 1. The van der Waals surface area contributed by atoms with Crippen LogP contribution in [-0.2, 0) is 13.0 Å². The van der Waals surface area contributed by atoms with Gasteiger partial charge in [-0.3, -0.25) is 0 Å². The maximum absolute atomic E-state index is 6.01. The lowest BCUT2D eigenvalue weighted by molar-refractivity contribution is 0.295. The number of aromatic nitrogens is 2. The van der Waals surface area contributed by atoms with E-state index in [1.807, 2.05) is 36.4 Å². The van der Waals surface area contributed by atoms with Crippen molar-refractivity contribution in [3.05, 3.63) is 53.1 Å². The maximum atomic E-state index is 6.01. The normalized spacial score (nSPS) is 10.7. The lowest BCUT2D eigenvalue weighted by Crippen LogP contribution is -2.06. The van der Waals surface area contributed by atoms with Crippen molar-refractivity contribution in [3.8, 4) is 5.75 Å². The van der Waals surface area contributed by atoms with Gasteiger partial charge in [-0.25, -0.2) is 9.97 Å². The standard InChI is InChI=1S/C15H17ClN2O/c1-11(2)8-12-9-14(16)18-15(17-12)10-19-13-6-4-3-5-7-13/h3-7,9,11H,8,10H2,1-2H3. The molecule has 0 saturated carbocycles. The summed E-state index contributed by atoms with van der Waals surface area (Å²) in [5.41, 5.74) is 0.960. The van der Waals surface area contributed by atoms with Gasteiger partial charge in [0.2, 0.25) is 0 Å². The molecule has 2 aromatic rings. The average Bonchev–Trinajstić information content (AvgIpc) is 2.36. The lowest BCUT2D eigenvalue weighted by atomic mass is 10.1. The quantitative estimate of drug-likeness (QED) is 0.777. The molecule has 1 aromatic heterocycles. The van der Waals surface area contributed by atoms with Crippen LogP contribution in [0, 0.1) is 5.92 Å². The van der Waals surface area contributed by atoms with Crippen molar-refractivity contribution in [3.63, 3.8) is 0 Å². The first-order valence-electron chi connectivity index (χ1n) is 6.33. The first kappa shape index (κ1) is 13.8. The molecular weight excluding hydrogens is 260 g/mol. The Kier molecular flexibility index (Phi) is 4.74. The number of halogens is 1. The van der Waals surface area contributed by atoms with Crippen LogP contribution in [0.2, 0.25) is 5.15 Å². The smallest absolute Gasteiger partial charge is 0.167 e. The second-order valence-corrected chi connectivity index (χ2v) is 5.19. The Morgan fingerprint density at radius 3 is 2.58 bits per heavy atom. The Morgan fingerprint density at radius 1 is 1.16 bits per heavy atom. The summed E-state index contributed by atoms with van der Waals surface area (Å²) in [7, 11) is 0. The van der Waals surface area contributed by atoms with Gasteiger partial charge in [-0.2, -0.15) is 0 Å². The molecule has 0 spiro atoms. The van der Waals surface area contributed by atoms with Gasteiger partial charge in [0.05, 0.1) is 0 Å². The second-order valence-electron chi connectivity index (χ2n) is 4.80. The molecule has 0 bridgehead atoms. The Morgan fingerprint density at radius 2 is 1.89 bits per heavy atom. The molecule has 1 aromatic carbocycles. The van der Waals surface area contributed by atoms with E-state index in [2.05, 4.69) is 23.8 Å². The number of nitrogens with zero attached hydrogens (tertiary/aromatic N) is 2. The van der Waals surface area contributed by atoms with Crippen molar-refractivity contribution >= 4 is 11.6 Å². The van der Waals surface area contributed by atoms with Crippen LogP contribution in [0.3, 0.4) is 0 Å². The van der Waals surface area contributed by atoms with Gasteiger partial charge < -0.3 is 4.74 Å². The molecule has 1 heterocycles. The highest BCUT2D eigenvalue weighted by molar-refractivity contribution is 6.29. The monoisotopic (exact) mass is 276 g/mol. The molecule has 0 radical (unpaired) electrons. The van der Waals surface area contributed by atoms with E-state index in [1.165, 1.54) is 0 Å². The van der Waals surface area contributed by atoms with Crippen LogP contribution in [0.15, 0.2) is 36.4 Å². The number of rotatable bonds is 5. The topological polar surface area (TPSA) is 35.0 Å². The van der Waals surface area contributed by atoms with E-state index in [9.17, 15) is 0 Å². The summed E-state index contributed by atoms with van der Waals surface area (Å²) < 4.78 is 5.62. The third-order valence-electron chi connectivity index (χ3n) is 2.52. The van der Waals surface area contributed by atoms with Crippen molar-refractivity contribution in [1.82, 2.24) is 9.97 Å². The van der Waals surface area contributed by atoms with E-state index in [4.69, 9.17) is 16.3 Å². The molecule has 3 nitrogen and oxygen atoms in total. The van der Waals surface area contributed by atoms with Crippen LogP contribution < -0.4 is 4.74 Å². The lowest BCUT2D eigenvalue weighted by Gasteiger charge is -2.08. The molecule has 2 rings (SSSR count). The summed E-state index contributed by atoms with van der Waals surface area (Å²) in [6.07, 6.45) is 0.889. The number of ether oxygens (including phenoxy) is 1. The van der Waals surface area contributed by atoms with Crippen LogP contribution in [0.4, 0.5) is 0 Å². The van der Waals surface area contributed by atoms with Gasteiger partial charge in [-0.15, -0.1) is 0 Å². The van der Waals surface area contributed by atoms with E-state index < -0.39 is 0 Å². The van der Waals surface area contributed by atoms with E-state index in [0.29, 0.717) is 23.5 Å². The highest BCUT2D eigenvalue weighted by Gasteiger charge is 2.06. The van der Waals surface area contributed by atoms with Crippen molar-refractivity contribution in [2.24, 2.45) is 5.92 Å². The second kappa shape index (κ2) is 6.53. The van der Waals surface area contributed by atoms with E-state index in [0.717, 1.165) is 17.9 Å². The zero-order valence-corrected chi connectivity index (χ0v) is 11.9. The highest BCUT2D eigenvalue weighted by Crippen LogP contribution is 2.14. The number of para-hydroxylation sites is 1. The molecule has 0 aliphatic heterocycles. The third-order valence-corrected chi connectivity index (χ3v) is 2.72. The molecule has 0 aliphatic rings. The SMILES string of the molecule is CC(C)Cc1cc(Cl)nc(COc2ccccc2)n1. The zero-order valence-electron chi connectivity index (χ0n) is 11.1. The third kappa shape index (κ3) is 4.52. The van der Waals surface area contributed by atoms with E-state index in [1.54, 1.807) is 0 Å². The number of hydrogen-bond donors (Lipinski definition) is 0. The van der Waals surface area contributed by atoms with Crippen LogP contribution in [0.25, 0.3) is 0 Å². The largest absolute Gasteiger partial charge is 0.486 e. The van der Waals surface area contributed by atoms with Crippen molar-refractivity contribution in [2.75, 3.05) is 0 Å². The molecule has 0 unspecified atom stereocenters. The minimum atomic E-state index is 0.329. The van der Waals surface area contributed by atoms with E-state index in [-0.39, 0.29) is 0 Å². The van der Waals surface area contributed by atoms with Gasteiger partial charge in [0, 0.05) is 5.69 Å². The summed E-state index contributed by atoms with van der Waals surface area (Å²) in [6.45, 7) is 4.63. The summed E-state index contributed by atoms with van der Waals surface area (Å²) >= 11 is 6.01. The summed E-state index contributed by atoms with van der Waals surface area (Å²) in [4.78, 5) is 8.65. The van der Waals surface area contributed by atoms with Gasteiger partial charge in [-0.1, -0.05) is 43.6 Å². The van der Waals surface area contributed by atoms with Crippen LogP contribution >= 0.6 is 11.6 Å². The fourth-order valence-electron chi connectivity index (χ4n) is 1.77. The Bertz CT molecular complexity index is 529. The minimum Gasteiger partial charge on any atom is -0.486 e. The Balaban J connectivity index is 2.05. The molecule has 4 heteroatoms. The van der Waals surface area contributed by atoms with Gasteiger partial charge in [-0.05, 0) is 30.5 Å². The fourth-order valence-corrected chi connectivity index (χ4v) is 1.99. The van der Waals surface area contributed by atoms with Crippen molar-refractivity contribution < 1.29 is 4.74 Å². The van der Waals surface area contributed by atoms with Crippen LogP contribution in [0.1, 0.15) is 25.4 Å². The van der Waals surface area contributed by atoms with Crippen molar-refractivity contribution in [1.29, 1.82) is 0 Å². The molecule has 0 atom stereocenters. The minimum absolute atomic E-state index is 0.329. The fraction of sp³-hybridized carbons (Fsp3) is 0.333. The number of hydrogen-bond acceptors (Lipinski definition) is 3. The van der Waals surface area contributed by atoms with Gasteiger partial charge in [0.25, 0.3) is 0 Å². The highest BCUT2D eigenvalue weighted by atomic mass is 35.5. The van der Waals surface area contributed by atoms with Crippen molar-refractivity contribution in [2.45, 2.75) is 26.9 Å². The van der Waals surface area contributed by atoms with Gasteiger partial charge in [0.1, 0.15) is 17.5 Å². The average molecular weight is 277 g/mol. The molecule has 0 N–H and O–H groups in total. The molecule has 0 fully saturated rings. The predicted octanol–water partition coefficient (Wildman–Crippen LogP) is 3.91. The molecule has 19 heavy (non-hydrogen) atoms. The summed E-state index contributed by atoms with van der Waals surface area (Å²) in [5, 5.41) is 0.470. The predicted molar refractivity (Wildman–Crippen MR) is 76.4 cm³/mol. The molecule has 0 aliphatic carbocycles. The first-order valence-corrected chi connectivity index (χ1v) is 6.71. The van der Waals surface area contributed by atoms with Crippen LogP contribution in [0.5, 0.6) is 5.75 Å². The Hall–Kier alpha value is -1.61. The van der Waals surface area contributed by atoms with E-state index >= 15 is 0 Å². The van der Waals surface area contributed by atoms with Gasteiger partial charge >= 0.3 is 0 Å². The zero-order chi connectivity index (χ0) is 13.7. The molecule has 100 valence electrons. The molecule has 0 amide bonds. The Labute approximate surface area is 118 Å². The molecule has 0 saturated heterocycles.